The Bertz CT molecular complexity index is 3690. The fraction of sp³-hybridized carbons (Fsp3) is 0. The van der Waals surface area contributed by atoms with Gasteiger partial charge in [-0.05, 0) is 129 Å². The van der Waals surface area contributed by atoms with E-state index in [0.29, 0.717) is 0 Å². The van der Waals surface area contributed by atoms with Gasteiger partial charge in [-0.1, -0.05) is 188 Å². The summed E-state index contributed by atoms with van der Waals surface area (Å²) in [6.45, 7) is 0. The van der Waals surface area contributed by atoms with E-state index in [0.717, 1.165) is 45.3 Å². The molecule has 0 radical (unpaired) electrons. The van der Waals surface area contributed by atoms with E-state index in [9.17, 15) is 0 Å². The maximum Gasteiger partial charge on any atom is 0.0540 e. The largest absolute Gasteiger partial charge is 0.310 e. The van der Waals surface area contributed by atoms with Crippen LogP contribution in [-0.2, 0) is 0 Å². The van der Waals surface area contributed by atoms with Crippen LogP contribution in [0.5, 0.6) is 0 Å². The van der Waals surface area contributed by atoms with E-state index in [2.05, 4.69) is 277 Å². The van der Waals surface area contributed by atoms with E-state index < -0.39 is 0 Å². The minimum Gasteiger partial charge on any atom is -0.310 e. The third-order valence-corrected chi connectivity index (χ3v) is 13.9. The number of hydrogen-bond donors (Lipinski definition) is 0. The highest BCUT2D eigenvalue weighted by atomic mass is 32.1. The van der Waals surface area contributed by atoms with Crippen LogP contribution in [0.2, 0.25) is 0 Å². The van der Waals surface area contributed by atoms with E-state index in [-0.39, 0.29) is 0 Å². The van der Waals surface area contributed by atoms with Gasteiger partial charge in [-0.25, -0.2) is 0 Å². The fourth-order valence-corrected chi connectivity index (χ4v) is 10.7. The fourth-order valence-electron chi connectivity index (χ4n) is 9.52. The summed E-state index contributed by atoms with van der Waals surface area (Å²) in [7, 11) is 0. The van der Waals surface area contributed by atoms with Crippen LogP contribution in [0.1, 0.15) is 0 Å². The normalized spacial score (nSPS) is 11.3. The second-order valence-corrected chi connectivity index (χ2v) is 18.0. The third kappa shape index (κ3) is 7.82. The molecule has 316 valence electrons. The van der Waals surface area contributed by atoms with Crippen molar-refractivity contribution in [3.8, 4) is 44.5 Å². The Morgan fingerprint density at radius 1 is 0.239 bits per heavy atom. The molecule has 0 spiro atoms. The second kappa shape index (κ2) is 17.5. The lowest BCUT2D eigenvalue weighted by atomic mass is 9.98. The summed E-state index contributed by atoms with van der Waals surface area (Å²) in [6, 6.07) is 97.0. The van der Waals surface area contributed by atoms with Crippen molar-refractivity contribution in [3.63, 3.8) is 0 Å². The van der Waals surface area contributed by atoms with Gasteiger partial charge in [0.2, 0.25) is 0 Å². The molecule has 0 bridgehead atoms. The van der Waals surface area contributed by atoms with Gasteiger partial charge in [-0.15, -0.1) is 11.3 Å². The molecule has 2 nitrogen and oxygen atoms in total. The van der Waals surface area contributed by atoms with Crippen molar-refractivity contribution in [1.29, 1.82) is 0 Å². The third-order valence-electron chi connectivity index (χ3n) is 12.8. The van der Waals surface area contributed by atoms with Crippen LogP contribution in [0.15, 0.2) is 267 Å². The lowest BCUT2D eigenvalue weighted by molar-refractivity contribution is 1.28. The average Bonchev–Trinajstić information content (AvgIpc) is 3.78. The summed E-state index contributed by atoms with van der Waals surface area (Å²) in [6.07, 6.45) is 0. The van der Waals surface area contributed by atoms with Crippen molar-refractivity contribution in [2.24, 2.45) is 0 Å². The molecule has 0 saturated heterocycles. The van der Waals surface area contributed by atoms with Gasteiger partial charge in [0.1, 0.15) is 0 Å². The van der Waals surface area contributed by atoms with Gasteiger partial charge in [0.15, 0.2) is 0 Å². The summed E-state index contributed by atoms with van der Waals surface area (Å²) >= 11 is 1.85. The molecular weight excluding hydrogens is 829 g/mol. The van der Waals surface area contributed by atoms with E-state index in [1.807, 2.05) is 11.3 Å². The van der Waals surface area contributed by atoms with Gasteiger partial charge in [0.25, 0.3) is 0 Å². The number of thiophene rings is 1. The Labute approximate surface area is 395 Å². The number of benzene rings is 11. The summed E-state index contributed by atoms with van der Waals surface area (Å²) in [5.74, 6) is 0. The molecule has 12 rings (SSSR count). The molecule has 12 aromatic rings. The van der Waals surface area contributed by atoms with E-state index >= 15 is 0 Å². The van der Waals surface area contributed by atoms with Gasteiger partial charge in [-0.3, -0.25) is 0 Å². The zero-order chi connectivity index (χ0) is 44.5. The van der Waals surface area contributed by atoms with Crippen molar-refractivity contribution in [2.75, 3.05) is 9.80 Å². The maximum absolute atomic E-state index is 2.41. The first-order chi connectivity index (χ1) is 33.2. The average molecular weight is 873 g/mol. The Balaban J connectivity index is 1.000. The number of hydrogen-bond acceptors (Lipinski definition) is 3. The number of anilines is 6. The molecule has 67 heavy (non-hydrogen) atoms. The van der Waals surface area contributed by atoms with E-state index in [1.165, 1.54) is 64.3 Å². The summed E-state index contributed by atoms with van der Waals surface area (Å²) in [5, 5.41) is 4.97. The monoisotopic (exact) mass is 872 g/mol. The molecule has 0 aliphatic carbocycles. The molecule has 1 heterocycles. The minimum absolute atomic E-state index is 1.08. The molecule has 0 unspecified atom stereocenters. The molecule has 0 saturated carbocycles. The van der Waals surface area contributed by atoms with Crippen molar-refractivity contribution in [1.82, 2.24) is 0 Å². The molecular formula is C64H44N2S. The lowest BCUT2D eigenvalue weighted by Crippen LogP contribution is -2.12. The Morgan fingerprint density at radius 2 is 0.701 bits per heavy atom. The van der Waals surface area contributed by atoms with Crippen molar-refractivity contribution < 1.29 is 0 Å². The smallest absolute Gasteiger partial charge is 0.0540 e. The van der Waals surface area contributed by atoms with Crippen molar-refractivity contribution >= 4 is 76.4 Å². The first-order valence-electron chi connectivity index (χ1n) is 22.8. The first kappa shape index (κ1) is 40.0. The predicted octanol–water partition coefficient (Wildman–Crippen LogP) is 18.8. The Hall–Kier alpha value is -8.50. The molecule has 0 fully saturated rings. The molecule has 0 atom stereocenters. The molecule has 3 heteroatoms. The van der Waals surface area contributed by atoms with Crippen LogP contribution in [0.3, 0.4) is 0 Å². The van der Waals surface area contributed by atoms with Gasteiger partial charge in [0, 0.05) is 54.2 Å². The summed E-state index contributed by atoms with van der Waals surface area (Å²) < 4.78 is 2.57. The van der Waals surface area contributed by atoms with Crippen LogP contribution in [-0.4, -0.2) is 0 Å². The summed E-state index contributed by atoms with van der Waals surface area (Å²) in [4.78, 5) is 4.83. The Kier molecular flexibility index (Phi) is 10.4. The lowest BCUT2D eigenvalue weighted by Gasteiger charge is -2.29. The maximum atomic E-state index is 2.41. The highest BCUT2D eigenvalue weighted by Crippen LogP contribution is 2.46. The SMILES string of the molecule is c1ccc(-c2ccc(N(c3ccc4cc(-c5ccccc5)ccc4c3)c3ccccc3-c3cccc(N(c4cccc(-c5ccccc5)c4)c4ccc5c(c4)sc4ccccc45)c3)cc2)cc1. The molecule has 0 amide bonds. The van der Waals surface area contributed by atoms with Crippen molar-refractivity contribution in [3.05, 3.63) is 267 Å². The Morgan fingerprint density at radius 3 is 1.43 bits per heavy atom. The number of fused-ring (bicyclic) bond motifs is 4. The minimum atomic E-state index is 1.08. The molecule has 0 N–H and O–H groups in total. The number of para-hydroxylation sites is 1. The van der Waals surface area contributed by atoms with Crippen LogP contribution >= 0.6 is 11.3 Å². The highest BCUT2D eigenvalue weighted by molar-refractivity contribution is 7.25. The predicted molar refractivity (Wildman–Crippen MR) is 288 cm³/mol. The van der Waals surface area contributed by atoms with Crippen LogP contribution in [0.4, 0.5) is 34.1 Å². The van der Waals surface area contributed by atoms with E-state index in [4.69, 9.17) is 0 Å². The number of rotatable bonds is 10. The van der Waals surface area contributed by atoms with Gasteiger partial charge >= 0.3 is 0 Å². The van der Waals surface area contributed by atoms with Gasteiger partial charge < -0.3 is 9.80 Å². The first-order valence-corrected chi connectivity index (χ1v) is 23.6. The molecule has 0 aliphatic rings. The zero-order valence-corrected chi connectivity index (χ0v) is 37.5. The van der Waals surface area contributed by atoms with E-state index in [1.54, 1.807) is 0 Å². The number of nitrogens with zero attached hydrogens (tertiary/aromatic N) is 2. The van der Waals surface area contributed by atoms with Gasteiger partial charge in [-0.2, -0.15) is 0 Å². The second-order valence-electron chi connectivity index (χ2n) is 17.0. The van der Waals surface area contributed by atoms with Crippen molar-refractivity contribution in [2.45, 2.75) is 0 Å². The topological polar surface area (TPSA) is 6.48 Å². The standard InChI is InChI=1S/C64H44N2S/c1-4-16-45(17-5-1)48-32-35-54(36-33-48)66(57-37-34-51-40-50(30-31-52(51)42-57)47-20-8-3-9-21-47)62-28-12-10-26-59(62)53-23-15-25-56(43-53)65(55-24-14-22-49(41-55)46-18-6-2-7-19-46)58-38-39-61-60-27-11-13-29-63(60)67-64(61)44-58/h1-44H. The highest BCUT2D eigenvalue weighted by Gasteiger charge is 2.21. The van der Waals surface area contributed by atoms with Crippen LogP contribution in [0, 0.1) is 0 Å². The van der Waals surface area contributed by atoms with Crippen LogP contribution < -0.4 is 9.80 Å². The van der Waals surface area contributed by atoms with Crippen LogP contribution in [0.25, 0.3) is 75.5 Å². The van der Waals surface area contributed by atoms with Gasteiger partial charge in [0.05, 0.1) is 5.69 Å². The zero-order valence-electron chi connectivity index (χ0n) is 36.7. The summed E-state index contributed by atoms with van der Waals surface area (Å²) in [5.41, 5.74) is 16.0. The quantitative estimate of drug-likeness (QED) is 0.135. The molecule has 11 aromatic carbocycles. The molecule has 1 aromatic heterocycles. The molecule has 0 aliphatic heterocycles.